The molecule has 0 saturated heterocycles. The highest BCUT2D eigenvalue weighted by Crippen LogP contribution is 2.16. The minimum Gasteiger partial charge on any atom is -0.455 e. The maximum atomic E-state index is 11.3. The summed E-state index contributed by atoms with van der Waals surface area (Å²) in [5, 5.41) is 2.42. The van der Waals surface area contributed by atoms with Crippen molar-refractivity contribution < 1.29 is 14.3 Å². The second-order valence-corrected chi connectivity index (χ2v) is 4.22. The molecule has 15 heavy (non-hydrogen) atoms. The van der Waals surface area contributed by atoms with Crippen molar-refractivity contribution in [3.63, 3.8) is 0 Å². The van der Waals surface area contributed by atoms with Crippen LogP contribution in [0.15, 0.2) is 0 Å². The number of hydrogen-bond acceptors (Lipinski definition) is 3. The quantitative estimate of drug-likeness (QED) is 0.569. The number of carbonyl (C=O) groups is 2. The van der Waals surface area contributed by atoms with Crippen LogP contribution in [0.3, 0.4) is 0 Å². The predicted octanol–water partition coefficient (Wildman–Crippen LogP) is 1.35. The fourth-order valence-electron chi connectivity index (χ4n) is 1.45. The fourth-order valence-corrected chi connectivity index (χ4v) is 1.45. The number of rotatable bonds is 4. The summed E-state index contributed by atoms with van der Waals surface area (Å²) in [5.74, 6) is -1.03. The maximum Gasteiger partial charge on any atom is 0.397 e. The molecule has 0 heterocycles. The van der Waals surface area contributed by atoms with Crippen LogP contribution in [0.1, 0.15) is 34.6 Å². The number of ether oxygens (including phenoxy) is 1. The van der Waals surface area contributed by atoms with Gasteiger partial charge in [0.05, 0.1) is 0 Å². The second kappa shape index (κ2) is 6.43. The van der Waals surface area contributed by atoms with Gasteiger partial charge in [-0.2, -0.15) is 0 Å². The Balaban J connectivity index is 4.29. The summed E-state index contributed by atoms with van der Waals surface area (Å²) in [5.41, 5.74) is 0. The Labute approximate surface area is 91.4 Å². The van der Waals surface area contributed by atoms with Gasteiger partial charge in [-0.1, -0.05) is 27.7 Å². The standard InChI is InChI=1S/C11H21NO3/c1-6-12-10(13)11(14)15-9(7(2)3)8(4)5/h7-9H,6H2,1-5H3,(H,12,13). The van der Waals surface area contributed by atoms with Gasteiger partial charge in [-0.15, -0.1) is 0 Å². The minimum absolute atomic E-state index is 0.208. The molecule has 1 amide bonds. The first kappa shape index (κ1) is 13.9. The van der Waals surface area contributed by atoms with Crippen LogP contribution in [0.5, 0.6) is 0 Å². The summed E-state index contributed by atoms with van der Waals surface area (Å²) in [6.45, 7) is 10.1. The predicted molar refractivity (Wildman–Crippen MR) is 58.2 cm³/mol. The van der Waals surface area contributed by atoms with Crippen LogP contribution in [-0.4, -0.2) is 24.5 Å². The van der Waals surface area contributed by atoms with Crippen LogP contribution in [-0.2, 0) is 14.3 Å². The molecule has 0 saturated carbocycles. The maximum absolute atomic E-state index is 11.3. The Hall–Kier alpha value is -1.06. The molecule has 0 aromatic heterocycles. The normalized spacial score (nSPS) is 10.9. The van der Waals surface area contributed by atoms with E-state index in [1.807, 2.05) is 27.7 Å². The Morgan fingerprint density at radius 1 is 1.13 bits per heavy atom. The molecule has 0 aliphatic carbocycles. The van der Waals surface area contributed by atoms with E-state index in [2.05, 4.69) is 5.32 Å². The molecular formula is C11H21NO3. The van der Waals surface area contributed by atoms with Crippen molar-refractivity contribution in [2.75, 3.05) is 6.54 Å². The van der Waals surface area contributed by atoms with Gasteiger partial charge in [0, 0.05) is 6.54 Å². The lowest BCUT2D eigenvalue weighted by atomic mass is 9.96. The van der Waals surface area contributed by atoms with Gasteiger partial charge in [-0.25, -0.2) is 4.79 Å². The summed E-state index contributed by atoms with van der Waals surface area (Å²) < 4.78 is 5.14. The van der Waals surface area contributed by atoms with Gasteiger partial charge in [-0.3, -0.25) is 4.79 Å². The van der Waals surface area contributed by atoms with Crippen LogP contribution in [0.2, 0.25) is 0 Å². The molecule has 0 unspecified atom stereocenters. The van der Waals surface area contributed by atoms with Gasteiger partial charge in [0.25, 0.3) is 0 Å². The van der Waals surface area contributed by atoms with E-state index in [1.165, 1.54) is 0 Å². The number of nitrogens with one attached hydrogen (secondary N) is 1. The van der Waals surface area contributed by atoms with Crippen molar-refractivity contribution in [1.29, 1.82) is 0 Å². The highest BCUT2D eigenvalue weighted by Gasteiger charge is 2.25. The number of amides is 1. The van der Waals surface area contributed by atoms with Crippen LogP contribution in [0.25, 0.3) is 0 Å². The minimum atomic E-state index is -0.788. The van der Waals surface area contributed by atoms with Crippen LogP contribution in [0, 0.1) is 11.8 Å². The van der Waals surface area contributed by atoms with Crippen LogP contribution >= 0.6 is 0 Å². The van der Waals surface area contributed by atoms with Gasteiger partial charge < -0.3 is 10.1 Å². The molecule has 4 nitrogen and oxygen atoms in total. The lowest BCUT2D eigenvalue weighted by Gasteiger charge is -2.24. The molecule has 0 rings (SSSR count). The van der Waals surface area contributed by atoms with E-state index in [0.717, 1.165) is 0 Å². The van der Waals surface area contributed by atoms with Crippen molar-refractivity contribution >= 4 is 11.9 Å². The first-order valence-corrected chi connectivity index (χ1v) is 5.38. The summed E-state index contributed by atoms with van der Waals surface area (Å²) in [6, 6.07) is 0. The van der Waals surface area contributed by atoms with Crippen molar-refractivity contribution in [3.05, 3.63) is 0 Å². The molecule has 0 aliphatic heterocycles. The third-order valence-electron chi connectivity index (χ3n) is 2.08. The van der Waals surface area contributed by atoms with Gasteiger partial charge in [0.15, 0.2) is 0 Å². The van der Waals surface area contributed by atoms with Gasteiger partial charge in [0.2, 0.25) is 0 Å². The molecule has 0 fully saturated rings. The molecule has 0 radical (unpaired) electrons. The first-order chi connectivity index (χ1) is 6.90. The number of hydrogen-bond donors (Lipinski definition) is 1. The average molecular weight is 215 g/mol. The lowest BCUT2D eigenvalue weighted by Crippen LogP contribution is -2.37. The number of likely N-dealkylation sites (N-methyl/N-ethyl adjacent to an activating group) is 1. The monoisotopic (exact) mass is 215 g/mol. The number of esters is 1. The largest absolute Gasteiger partial charge is 0.455 e. The SMILES string of the molecule is CCNC(=O)C(=O)OC(C(C)C)C(C)C. The summed E-state index contributed by atoms with van der Waals surface area (Å²) in [4.78, 5) is 22.5. The van der Waals surface area contributed by atoms with Crippen molar-refractivity contribution in [1.82, 2.24) is 5.32 Å². The van der Waals surface area contributed by atoms with Crippen molar-refractivity contribution in [2.45, 2.75) is 40.7 Å². The Morgan fingerprint density at radius 2 is 1.60 bits per heavy atom. The van der Waals surface area contributed by atoms with Crippen LogP contribution in [0.4, 0.5) is 0 Å². The molecule has 4 heteroatoms. The molecule has 0 spiro atoms. The van der Waals surface area contributed by atoms with E-state index in [1.54, 1.807) is 6.92 Å². The second-order valence-electron chi connectivity index (χ2n) is 4.22. The molecular weight excluding hydrogens is 194 g/mol. The van der Waals surface area contributed by atoms with Gasteiger partial charge >= 0.3 is 11.9 Å². The van der Waals surface area contributed by atoms with Crippen molar-refractivity contribution in [3.8, 4) is 0 Å². The zero-order valence-corrected chi connectivity index (χ0v) is 10.2. The Kier molecular flexibility index (Phi) is 5.97. The van der Waals surface area contributed by atoms with E-state index < -0.39 is 11.9 Å². The Bertz CT molecular complexity index is 216. The smallest absolute Gasteiger partial charge is 0.397 e. The van der Waals surface area contributed by atoms with Crippen LogP contribution < -0.4 is 5.32 Å². The van der Waals surface area contributed by atoms with Crippen molar-refractivity contribution in [2.24, 2.45) is 11.8 Å². The highest BCUT2D eigenvalue weighted by atomic mass is 16.6. The molecule has 0 aliphatic rings. The molecule has 0 bridgehead atoms. The molecule has 0 aromatic rings. The van der Waals surface area contributed by atoms with Gasteiger partial charge in [0.1, 0.15) is 6.10 Å². The summed E-state index contributed by atoms with van der Waals surface area (Å²) in [7, 11) is 0. The number of carbonyl (C=O) groups excluding carboxylic acids is 2. The summed E-state index contributed by atoms with van der Waals surface area (Å²) >= 11 is 0. The summed E-state index contributed by atoms with van der Waals surface area (Å²) in [6.07, 6.45) is -0.208. The topological polar surface area (TPSA) is 55.4 Å². The average Bonchev–Trinajstić information content (AvgIpc) is 2.12. The zero-order valence-electron chi connectivity index (χ0n) is 10.2. The molecule has 0 aromatic carbocycles. The lowest BCUT2D eigenvalue weighted by molar-refractivity contribution is -0.162. The molecule has 1 N–H and O–H groups in total. The first-order valence-electron chi connectivity index (χ1n) is 5.38. The third-order valence-corrected chi connectivity index (χ3v) is 2.08. The third kappa shape index (κ3) is 4.81. The van der Waals surface area contributed by atoms with E-state index in [0.29, 0.717) is 6.54 Å². The zero-order chi connectivity index (χ0) is 12.0. The van der Waals surface area contributed by atoms with Gasteiger partial charge in [-0.05, 0) is 18.8 Å². The molecule has 88 valence electrons. The van der Waals surface area contributed by atoms with E-state index in [-0.39, 0.29) is 17.9 Å². The van der Waals surface area contributed by atoms with E-state index >= 15 is 0 Å². The van der Waals surface area contributed by atoms with E-state index in [4.69, 9.17) is 4.74 Å². The Morgan fingerprint density at radius 3 is 1.93 bits per heavy atom. The van der Waals surface area contributed by atoms with E-state index in [9.17, 15) is 9.59 Å². The highest BCUT2D eigenvalue weighted by molar-refractivity contribution is 6.32. The molecule has 0 atom stereocenters. The fraction of sp³-hybridized carbons (Fsp3) is 0.818.